The van der Waals surface area contributed by atoms with E-state index in [0.717, 1.165) is 11.6 Å². The van der Waals surface area contributed by atoms with Crippen molar-refractivity contribution in [2.45, 2.75) is 38.1 Å². The maximum absolute atomic E-state index is 14.6. The SMILES string of the molecule is CC(C)(Oc1cc(C(=O)OC2C3CC4C2OC(=O)C4C3C(=O)OCCS(=O)(=O)O)ccc1F)c1ccccc1. The molecule has 1 saturated heterocycles. The Labute approximate surface area is 224 Å². The molecule has 1 aliphatic heterocycles. The van der Waals surface area contributed by atoms with Gasteiger partial charge < -0.3 is 18.9 Å². The molecule has 2 aromatic carbocycles. The largest absolute Gasteiger partial charge is 0.480 e. The second kappa shape index (κ2) is 9.91. The zero-order valence-electron chi connectivity index (χ0n) is 21.1. The van der Waals surface area contributed by atoms with Gasteiger partial charge in [-0.25, -0.2) is 9.18 Å². The Morgan fingerprint density at radius 3 is 2.54 bits per heavy atom. The number of fused-ring (bicyclic) bond motifs is 1. The second-order valence-corrected chi connectivity index (χ2v) is 12.0. The molecule has 5 rings (SSSR count). The van der Waals surface area contributed by atoms with Gasteiger partial charge in [-0.3, -0.25) is 14.1 Å². The van der Waals surface area contributed by atoms with Crippen LogP contribution in [0.25, 0.3) is 0 Å². The summed E-state index contributed by atoms with van der Waals surface area (Å²) in [6.07, 6.45) is -1.30. The van der Waals surface area contributed by atoms with E-state index < -0.39 is 81.8 Å². The molecule has 2 saturated carbocycles. The number of benzene rings is 2. The van der Waals surface area contributed by atoms with E-state index in [2.05, 4.69) is 0 Å². The van der Waals surface area contributed by atoms with Crippen LogP contribution >= 0.6 is 0 Å². The van der Waals surface area contributed by atoms with E-state index in [1.54, 1.807) is 13.8 Å². The number of ether oxygens (including phenoxy) is 4. The van der Waals surface area contributed by atoms with E-state index >= 15 is 0 Å². The van der Waals surface area contributed by atoms with Gasteiger partial charge in [0.1, 0.15) is 30.2 Å². The first-order chi connectivity index (χ1) is 18.4. The van der Waals surface area contributed by atoms with Crippen LogP contribution in [0.2, 0.25) is 0 Å². The Bertz CT molecular complexity index is 1410. The molecule has 0 amide bonds. The second-order valence-electron chi connectivity index (χ2n) is 10.5. The van der Waals surface area contributed by atoms with Crippen molar-refractivity contribution in [2.24, 2.45) is 23.7 Å². The lowest BCUT2D eigenvalue weighted by atomic mass is 9.78. The first-order valence-electron chi connectivity index (χ1n) is 12.4. The van der Waals surface area contributed by atoms with Crippen LogP contribution in [-0.4, -0.2) is 55.4 Å². The Morgan fingerprint density at radius 1 is 1.13 bits per heavy atom. The van der Waals surface area contributed by atoms with E-state index in [9.17, 15) is 27.2 Å². The van der Waals surface area contributed by atoms with Gasteiger partial charge >= 0.3 is 17.9 Å². The van der Waals surface area contributed by atoms with Crippen LogP contribution in [0.1, 0.15) is 36.2 Å². The Morgan fingerprint density at radius 2 is 1.85 bits per heavy atom. The van der Waals surface area contributed by atoms with Gasteiger partial charge in [-0.2, -0.15) is 8.42 Å². The van der Waals surface area contributed by atoms with Crippen LogP contribution in [0.3, 0.4) is 0 Å². The maximum Gasteiger partial charge on any atom is 0.338 e. The standard InChI is InChI=1S/C27H27FO10S/c1-27(2,15-6-4-3-5-7-15)38-19-12-14(8-9-18(19)28)24(29)36-22-16-13-17-21(26(31)37-23(17)22)20(16)25(30)35-10-11-39(32,33)34/h3-9,12,16-17,20-23H,10-11,13H2,1-2H3,(H,32,33,34). The fourth-order valence-corrected chi connectivity index (χ4v) is 6.18. The molecule has 3 fully saturated rings. The summed E-state index contributed by atoms with van der Waals surface area (Å²) in [4.78, 5) is 38.4. The van der Waals surface area contributed by atoms with Crippen molar-refractivity contribution >= 4 is 28.0 Å². The summed E-state index contributed by atoms with van der Waals surface area (Å²) in [5.74, 6) is -6.57. The molecule has 12 heteroatoms. The average molecular weight is 563 g/mol. The van der Waals surface area contributed by atoms with E-state index in [4.69, 9.17) is 23.5 Å². The Hall–Kier alpha value is -3.51. The molecule has 39 heavy (non-hydrogen) atoms. The Balaban J connectivity index is 1.31. The maximum atomic E-state index is 14.6. The summed E-state index contributed by atoms with van der Waals surface area (Å²) in [6, 6.07) is 12.8. The van der Waals surface area contributed by atoms with Gasteiger partial charge in [0.15, 0.2) is 11.6 Å². The minimum Gasteiger partial charge on any atom is -0.480 e. The molecule has 10 nitrogen and oxygen atoms in total. The highest BCUT2D eigenvalue weighted by Gasteiger charge is 2.70. The molecule has 1 heterocycles. The van der Waals surface area contributed by atoms with Crippen LogP contribution in [-0.2, 0) is 39.5 Å². The van der Waals surface area contributed by atoms with Gasteiger partial charge in [0.25, 0.3) is 10.1 Å². The minimum absolute atomic E-state index is 0.00573. The highest BCUT2D eigenvalue weighted by molar-refractivity contribution is 7.85. The molecule has 6 unspecified atom stereocenters. The van der Waals surface area contributed by atoms with Crippen molar-refractivity contribution in [3.05, 3.63) is 65.5 Å². The zero-order chi connectivity index (χ0) is 28.1. The lowest BCUT2D eigenvalue weighted by Gasteiger charge is -2.30. The fourth-order valence-electron chi connectivity index (χ4n) is 5.89. The summed E-state index contributed by atoms with van der Waals surface area (Å²) < 4.78 is 67.5. The number of hydrogen-bond acceptors (Lipinski definition) is 9. The monoisotopic (exact) mass is 562 g/mol. The predicted molar refractivity (Wildman–Crippen MR) is 132 cm³/mol. The van der Waals surface area contributed by atoms with Crippen LogP contribution < -0.4 is 4.74 Å². The zero-order valence-corrected chi connectivity index (χ0v) is 21.9. The van der Waals surface area contributed by atoms with E-state index in [0.29, 0.717) is 6.42 Å². The van der Waals surface area contributed by atoms with E-state index in [-0.39, 0.29) is 17.2 Å². The van der Waals surface area contributed by atoms with Crippen molar-refractivity contribution in [3.63, 3.8) is 0 Å². The topological polar surface area (TPSA) is 142 Å². The van der Waals surface area contributed by atoms with E-state index in [1.807, 2.05) is 30.3 Å². The highest BCUT2D eigenvalue weighted by atomic mass is 32.2. The molecule has 0 radical (unpaired) electrons. The van der Waals surface area contributed by atoms with Crippen LogP contribution in [0.5, 0.6) is 5.75 Å². The van der Waals surface area contributed by atoms with Gasteiger partial charge in [-0.1, -0.05) is 30.3 Å². The number of hydrogen-bond donors (Lipinski definition) is 1. The predicted octanol–water partition coefficient (Wildman–Crippen LogP) is 2.90. The fraction of sp³-hybridized carbons (Fsp3) is 0.444. The number of carbonyl (C=O) groups excluding carboxylic acids is 3. The molecular weight excluding hydrogens is 535 g/mol. The summed E-state index contributed by atoms with van der Waals surface area (Å²) in [5.41, 5.74) is -0.108. The lowest BCUT2D eigenvalue weighted by molar-refractivity contribution is -0.155. The number of carbonyl (C=O) groups is 3. The minimum atomic E-state index is -4.34. The van der Waals surface area contributed by atoms with Crippen molar-refractivity contribution in [2.75, 3.05) is 12.4 Å². The smallest absolute Gasteiger partial charge is 0.338 e. The quantitative estimate of drug-likeness (QED) is 0.275. The molecular formula is C27H27FO10S. The third-order valence-corrected chi connectivity index (χ3v) is 8.33. The first kappa shape index (κ1) is 27.1. The molecule has 6 atom stereocenters. The summed E-state index contributed by atoms with van der Waals surface area (Å²) >= 11 is 0. The molecule has 208 valence electrons. The van der Waals surface area contributed by atoms with Crippen LogP contribution in [0, 0.1) is 29.5 Å². The molecule has 2 aromatic rings. The van der Waals surface area contributed by atoms with Crippen molar-refractivity contribution in [1.82, 2.24) is 0 Å². The molecule has 2 aliphatic carbocycles. The molecule has 3 aliphatic rings. The third kappa shape index (κ3) is 5.22. The van der Waals surface area contributed by atoms with Gasteiger partial charge in [-0.05, 0) is 44.0 Å². The lowest BCUT2D eigenvalue weighted by Crippen LogP contribution is -2.44. The van der Waals surface area contributed by atoms with E-state index in [1.165, 1.54) is 12.1 Å². The van der Waals surface area contributed by atoms with Crippen LogP contribution in [0.4, 0.5) is 4.39 Å². The summed E-state index contributed by atoms with van der Waals surface area (Å²) in [6.45, 7) is 2.95. The van der Waals surface area contributed by atoms with Gasteiger partial charge in [-0.15, -0.1) is 0 Å². The van der Waals surface area contributed by atoms with Crippen molar-refractivity contribution < 1.29 is 50.7 Å². The molecule has 0 spiro atoms. The van der Waals surface area contributed by atoms with Crippen molar-refractivity contribution in [3.8, 4) is 5.75 Å². The average Bonchev–Trinajstić information content (AvgIpc) is 3.49. The molecule has 0 aromatic heterocycles. The highest BCUT2D eigenvalue weighted by Crippen LogP contribution is 2.59. The van der Waals surface area contributed by atoms with Crippen LogP contribution in [0.15, 0.2) is 48.5 Å². The third-order valence-electron chi connectivity index (χ3n) is 7.65. The normalized spacial score (nSPS) is 27.2. The number of esters is 3. The van der Waals surface area contributed by atoms with Gasteiger partial charge in [0.2, 0.25) is 0 Å². The molecule has 2 bridgehead atoms. The van der Waals surface area contributed by atoms with Gasteiger partial charge in [0, 0.05) is 11.8 Å². The number of rotatable bonds is 9. The van der Waals surface area contributed by atoms with Gasteiger partial charge in [0.05, 0.1) is 17.4 Å². The molecule has 1 N–H and O–H groups in total. The Kier molecular flexibility index (Phi) is 6.88. The number of halogens is 1. The first-order valence-corrected chi connectivity index (χ1v) is 14.0. The summed E-state index contributed by atoms with van der Waals surface area (Å²) in [5, 5.41) is 0. The van der Waals surface area contributed by atoms with Crippen molar-refractivity contribution in [1.29, 1.82) is 0 Å². The summed E-state index contributed by atoms with van der Waals surface area (Å²) in [7, 11) is -4.34.